The zero-order valence-corrected chi connectivity index (χ0v) is 12.1. The van der Waals surface area contributed by atoms with Crippen LogP contribution in [0.1, 0.15) is 5.56 Å². The smallest absolute Gasteiger partial charge is 0.409 e. The molecule has 0 bridgehead atoms. The first kappa shape index (κ1) is 16.0. The quantitative estimate of drug-likeness (QED) is 0.824. The highest BCUT2D eigenvalue weighted by atomic mass is 16.4. The molecule has 0 heterocycles. The Morgan fingerprint density at radius 1 is 1.10 bits per heavy atom. The number of nitrogens with zero attached hydrogens (tertiary/aromatic N) is 2. The minimum Gasteiger partial charge on any atom is -0.465 e. The fourth-order valence-corrected chi connectivity index (χ4v) is 1.61. The molecule has 2 N–H and O–H groups in total. The van der Waals surface area contributed by atoms with Crippen molar-refractivity contribution in [1.29, 1.82) is 0 Å². The van der Waals surface area contributed by atoms with Gasteiger partial charge in [-0.05, 0) is 31.8 Å². The molecule has 1 aromatic rings. The summed E-state index contributed by atoms with van der Waals surface area (Å²) >= 11 is 0. The van der Waals surface area contributed by atoms with Crippen LogP contribution >= 0.6 is 0 Å². The molecule has 6 heteroatoms. The van der Waals surface area contributed by atoms with Crippen LogP contribution in [0, 0.1) is 0 Å². The molecule has 0 aliphatic heterocycles. The fourth-order valence-electron chi connectivity index (χ4n) is 1.61. The van der Waals surface area contributed by atoms with Crippen molar-refractivity contribution < 1.29 is 14.7 Å². The molecular formula is C14H21N3O3. The predicted octanol–water partition coefficient (Wildman–Crippen LogP) is 1.34. The molecule has 0 fully saturated rings. The second-order valence-electron chi connectivity index (χ2n) is 4.92. The summed E-state index contributed by atoms with van der Waals surface area (Å²) in [7, 11) is 5.71. The Bertz CT molecular complexity index is 457. The summed E-state index contributed by atoms with van der Waals surface area (Å²) in [6.45, 7) is 1.51. The minimum absolute atomic E-state index is 0.0470. The second-order valence-corrected chi connectivity index (χ2v) is 4.92. The SMILES string of the molecule is CN(C)CCN(C)C(=O)Cc1ccc(NC(=O)O)cc1. The molecule has 0 aliphatic rings. The van der Waals surface area contributed by atoms with Crippen molar-refractivity contribution >= 4 is 17.7 Å². The molecule has 0 aromatic heterocycles. The zero-order chi connectivity index (χ0) is 15.1. The van der Waals surface area contributed by atoms with E-state index < -0.39 is 6.09 Å². The fraction of sp³-hybridized carbons (Fsp3) is 0.429. The van der Waals surface area contributed by atoms with Crippen molar-refractivity contribution in [1.82, 2.24) is 9.80 Å². The first-order valence-corrected chi connectivity index (χ1v) is 6.36. The number of carbonyl (C=O) groups is 2. The van der Waals surface area contributed by atoms with E-state index in [0.717, 1.165) is 12.1 Å². The lowest BCUT2D eigenvalue weighted by atomic mass is 10.1. The lowest BCUT2D eigenvalue weighted by Crippen LogP contribution is -2.34. The highest BCUT2D eigenvalue weighted by Gasteiger charge is 2.09. The van der Waals surface area contributed by atoms with Gasteiger partial charge in [0.05, 0.1) is 6.42 Å². The number of carboxylic acid groups (broad SMARTS) is 1. The van der Waals surface area contributed by atoms with E-state index in [4.69, 9.17) is 5.11 Å². The number of amides is 2. The third kappa shape index (κ3) is 5.71. The number of benzene rings is 1. The molecule has 6 nitrogen and oxygen atoms in total. The van der Waals surface area contributed by atoms with Gasteiger partial charge >= 0.3 is 6.09 Å². The Hall–Kier alpha value is -2.08. The molecule has 0 aliphatic carbocycles. The van der Waals surface area contributed by atoms with E-state index in [1.165, 1.54) is 0 Å². The van der Waals surface area contributed by atoms with E-state index in [0.29, 0.717) is 18.7 Å². The highest BCUT2D eigenvalue weighted by molar-refractivity contribution is 5.83. The van der Waals surface area contributed by atoms with Gasteiger partial charge in [-0.2, -0.15) is 0 Å². The number of rotatable bonds is 6. The van der Waals surface area contributed by atoms with Gasteiger partial charge in [0, 0.05) is 25.8 Å². The molecule has 0 saturated carbocycles. The van der Waals surface area contributed by atoms with Gasteiger partial charge in [0.1, 0.15) is 0 Å². The highest BCUT2D eigenvalue weighted by Crippen LogP contribution is 2.10. The summed E-state index contributed by atoms with van der Waals surface area (Å²) in [5.74, 6) is 0.0470. The van der Waals surface area contributed by atoms with Crippen molar-refractivity contribution in [3.8, 4) is 0 Å². The van der Waals surface area contributed by atoms with Crippen LogP contribution in [0.4, 0.5) is 10.5 Å². The number of likely N-dealkylation sites (N-methyl/N-ethyl adjacent to an activating group) is 2. The monoisotopic (exact) mass is 279 g/mol. The van der Waals surface area contributed by atoms with Gasteiger partial charge in [0.15, 0.2) is 0 Å². The lowest BCUT2D eigenvalue weighted by Gasteiger charge is -2.19. The van der Waals surface area contributed by atoms with Crippen LogP contribution in [0.3, 0.4) is 0 Å². The number of hydrogen-bond donors (Lipinski definition) is 2. The molecule has 0 unspecified atom stereocenters. The van der Waals surface area contributed by atoms with Crippen molar-refractivity contribution in [3.05, 3.63) is 29.8 Å². The number of nitrogens with one attached hydrogen (secondary N) is 1. The van der Waals surface area contributed by atoms with E-state index in [1.807, 2.05) is 19.0 Å². The maximum atomic E-state index is 12.0. The third-order valence-electron chi connectivity index (χ3n) is 2.87. The van der Waals surface area contributed by atoms with Crippen LogP contribution in [0.5, 0.6) is 0 Å². The van der Waals surface area contributed by atoms with E-state index in [2.05, 4.69) is 5.32 Å². The molecule has 2 amide bonds. The first-order valence-electron chi connectivity index (χ1n) is 6.36. The standard InChI is InChI=1S/C14H21N3O3/c1-16(2)8-9-17(3)13(18)10-11-4-6-12(7-5-11)15-14(19)20/h4-7,15H,8-10H2,1-3H3,(H,19,20). The predicted molar refractivity (Wildman–Crippen MR) is 78.0 cm³/mol. The zero-order valence-electron chi connectivity index (χ0n) is 12.1. The molecule has 0 atom stereocenters. The Morgan fingerprint density at radius 3 is 2.20 bits per heavy atom. The lowest BCUT2D eigenvalue weighted by molar-refractivity contribution is -0.129. The van der Waals surface area contributed by atoms with Gasteiger partial charge in [-0.3, -0.25) is 10.1 Å². The molecular weight excluding hydrogens is 258 g/mol. The topological polar surface area (TPSA) is 72.9 Å². The first-order chi connectivity index (χ1) is 9.38. The summed E-state index contributed by atoms with van der Waals surface area (Å²) < 4.78 is 0. The minimum atomic E-state index is -1.10. The average Bonchev–Trinajstić information content (AvgIpc) is 2.37. The van der Waals surface area contributed by atoms with E-state index in [1.54, 1.807) is 36.2 Å². The summed E-state index contributed by atoms with van der Waals surface area (Å²) in [5, 5.41) is 10.8. The number of hydrogen-bond acceptors (Lipinski definition) is 3. The van der Waals surface area contributed by atoms with Crippen LogP contribution in [-0.4, -0.2) is 61.1 Å². The number of carbonyl (C=O) groups excluding carboxylic acids is 1. The second kappa shape index (κ2) is 7.49. The third-order valence-corrected chi connectivity index (χ3v) is 2.87. The summed E-state index contributed by atoms with van der Waals surface area (Å²) in [6, 6.07) is 6.80. The largest absolute Gasteiger partial charge is 0.465 e. The van der Waals surface area contributed by atoms with Crippen LogP contribution in [0.15, 0.2) is 24.3 Å². The number of anilines is 1. The van der Waals surface area contributed by atoms with Crippen LogP contribution in [-0.2, 0) is 11.2 Å². The normalized spacial score (nSPS) is 10.4. The maximum Gasteiger partial charge on any atom is 0.409 e. The van der Waals surface area contributed by atoms with E-state index >= 15 is 0 Å². The Kier molecular flexibility index (Phi) is 5.99. The van der Waals surface area contributed by atoms with Crippen LogP contribution < -0.4 is 5.32 Å². The van der Waals surface area contributed by atoms with E-state index in [9.17, 15) is 9.59 Å². The summed E-state index contributed by atoms with van der Waals surface area (Å²) in [5.41, 5.74) is 1.36. The summed E-state index contributed by atoms with van der Waals surface area (Å²) in [4.78, 5) is 26.2. The average molecular weight is 279 g/mol. The van der Waals surface area contributed by atoms with Crippen molar-refractivity contribution in [2.75, 3.05) is 39.5 Å². The molecule has 1 aromatic carbocycles. The maximum absolute atomic E-state index is 12.0. The molecule has 0 saturated heterocycles. The van der Waals surface area contributed by atoms with Gasteiger partial charge in [-0.15, -0.1) is 0 Å². The van der Waals surface area contributed by atoms with Gasteiger partial charge in [0.25, 0.3) is 0 Å². The van der Waals surface area contributed by atoms with Crippen molar-refractivity contribution in [2.24, 2.45) is 0 Å². The Morgan fingerprint density at radius 2 is 1.70 bits per heavy atom. The van der Waals surface area contributed by atoms with E-state index in [-0.39, 0.29) is 5.91 Å². The van der Waals surface area contributed by atoms with Gasteiger partial charge in [-0.1, -0.05) is 12.1 Å². The summed E-state index contributed by atoms with van der Waals surface area (Å²) in [6.07, 6.45) is -0.783. The van der Waals surface area contributed by atoms with Crippen LogP contribution in [0.2, 0.25) is 0 Å². The molecule has 1 rings (SSSR count). The van der Waals surface area contributed by atoms with Crippen LogP contribution in [0.25, 0.3) is 0 Å². The van der Waals surface area contributed by atoms with Crippen molar-refractivity contribution in [2.45, 2.75) is 6.42 Å². The van der Waals surface area contributed by atoms with Gasteiger partial charge in [-0.25, -0.2) is 4.79 Å². The molecule has 0 radical (unpaired) electrons. The molecule has 110 valence electrons. The molecule has 20 heavy (non-hydrogen) atoms. The Balaban J connectivity index is 2.51. The molecule has 0 spiro atoms. The van der Waals surface area contributed by atoms with Gasteiger partial charge in [0.2, 0.25) is 5.91 Å². The van der Waals surface area contributed by atoms with Gasteiger partial charge < -0.3 is 14.9 Å². The van der Waals surface area contributed by atoms with Crippen molar-refractivity contribution in [3.63, 3.8) is 0 Å². The Labute approximate surface area is 119 Å².